The Bertz CT molecular complexity index is 280. The van der Waals surface area contributed by atoms with E-state index in [2.05, 4.69) is 47.6 Å². The molecular formula is C22H44S. The molecule has 1 heteroatoms. The van der Waals surface area contributed by atoms with Crippen molar-refractivity contribution in [3.63, 3.8) is 0 Å². The van der Waals surface area contributed by atoms with Gasteiger partial charge in [0.05, 0.1) is 0 Å². The van der Waals surface area contributed by atoms with Gasteiger partial charge in [-0.05, 0) is 43.3 Å². The minimum atomic E-state index is 0.875. The van der Waals surface area contributed by atoms with E-state index in [9.17, 15) is 0 Å². The molecule has 0 saturated carbocycles. The van der Waals surface area contributed by atoms with Crippen LogP contribution in [0.15, 0.2) is 11.6 Å². The summed E-state index contributed by atoms with van der Waals surface area (Å²) in [7, 11) is 0. The van der Waals surface area contributed by atoms with E-state index in [0.29, 0.717) is 0 Å². The first kappa shape index (κ1) is 23.1. The Kier molecular flexibility index (Phi) is 15.7. The highest BCUT2D eigenvalue weighted by Crippen LogP contribution is 2.22. The lowest BCUT2D eigenvalue weighted by molar-refractivity contribution is 0.389. The third-order valence-corrected chi connectivity index (χ3v) is 5.70. The molecule has 2 atom stereocenters. The molecule has 0 amide bonds. The van der Waals surface area contributed by atoms with Gasteiger partial charge in [0.15, 0.2) is 0 Å². The van der Waals surface area contributed by atoms with Crippen molar-refractivity contribution < 1.29 is 0 Å². The molecule has 0 nitrogen and oxygen atoms in total. The van der Waals surface area contributed by atoms with Crippen LogP contribution in [0.4, 0.5) is 0 Å². The molecule has 0 aliphatic heterocycles. The molecule has 0 spiro atoms. The topological polar surface area (TPSA) is 0 Å². The zero-order valence-corrected chi connectivity index (χ0v) is 17.8. The highest BCUT2D eigenvalue weighted by Gasteiger charge is 2.06. The van der Waals surface area contributed by atoms with Gasteiger partial charge in [-0.15, -0.1) is 0 Å². The van der Waals surface area contributed by atoms with Crippen LogP contribution in [-0.4, -0.2) is 11.5 Å². The van der Waals surface area contributed by atoms with Gasteiger partial charge in [0.25, 0.3) is 0 Å². The smallest absolute Gasteiger partial charge is 0.0115 e. The van der Waals surface area contributed by atoms with Gasteiger partial charge < -0.3 is 0 Å². The zero-order chi connectivity index (χ0) is 17.5. The first-order chi connectivity index (χ1) is 11.0. The molecule has 0 aromatic carbocycles. The van der Waals surface area contributed by atoms with E-state index >= 15 is 0 Å². The highest BCUT2D eigenvalue weighted by atomic mass is 32.2. The Labute approximate surface area is 152 Å². The number of allylic oxidation sites excluding steroid dienone is 1. The molecule has 0 fully saturated rings. The normalized spacial score (nSPS) is 15.2. The van der Waals surface area contributed by atoms with Gasteiger partial charge >= 0.3 is 0 Å². The quantitative estimate of drug-likeness (QED) is 0.214. The molecule has 0 radical (unpaired) electrons. The van der Waals surface area contributed by atoms with Crippen molar-refractivity contribution in [3.8, 4) is 0 Å². The molecule has 0 heterocycles. The predicted molar refractivity (Wildman–Crippen MR) is 111 cm³/mol. The zero-order valence-electron chi connectivity index (χ0n) is 17.0. The molecule has 0 rings (SSSR count). The first-order valence-corrected chi connectivity index (χ1v) is 11.3. The number of thioether (sulfide) groups is 1. The van der Waals surface area contributed by atoms with Gasteiger partial charge in [-0.2, -0.15) is 11.8 Å². The summed E-state index contributed by atoms with van der Waals surface area (Å²) < 4.78 is 0. The number of hydrogen-bond acceptors (Lipinski definition) is 1. The van der Waals surface area contributed by atoms with Crippen LogP contribution in [0.5, 0.6) is 0 Å². The first-order valence-electron chi connectivity index (χ1n) is 10.2. The minimum absolute atomic E-state index is 0.875. The third kappa shape index (κ3) is 16.7. The van der Waals surface area contributed by atoms with Gasteiger partial charge in [-0.3, -0.25) is 0 Å². The maximum Gasteiger partial charge on any atom is 0.0115 e. The maximum absolute atomic E-state index is 2.45. The van der Waals surface area contributed by atoms with Crippen LogP contribution >= 0.6 is 11.8 Å². The van der Waals surface area contributed by atoms with E-state index in [0.717, 1.165) is 17.8 Å². The van der Waals surface area contributed by atoms with Crippen molar-refractivity contribution in [2.24, 2.45) is 17.8 Å². The molecule has 0 aliphatic rings. The Morgan fingerprint density at radius 1 is 0.826 bits per heavy atom. The standard InChI is InChI=1S/C22H44S/c1-7-23-18-17-22(6)16-10-15-21(5)14-9-13-20(4)12-8-11-19(2)3/h17,19-21H,7-16,18H2,1-6H3/b22-17+/t20-,21-/m1/s1. The van der Waals surface area contributed by atoms with Crippen LogP contribution in [0, 0.1) is 17.8 Å². The molecular weight excluding hydrogens is 296 g/mol. The average molecular weight is 341 g/mol. The summed E-state index contributed by atoms with van der Waals surface area (Å²) in [4.78, 5) is 0. The molecule has 0 aromatic rings. The Morgan fingerprint density at radius 3 is 1.87 bits per heavy atom. The van der Waals surface area contributed by atoms with Crippen LogP contribution in [0.2, 0.25) is 0 Å². The fraction of sp³-hybridized carbons (Fsp3) is 0.909. The molecule has 23 heavy (non-hydrogen) atoms. The fourth-order valence-corrected chi connectivity index (χ4v) is 3.77. The van der Waals surface area contributed by atoms with E-state index in [1.165, 1.54) is 69.3 Å². The van der Waals surface area contributed by atoms with Gasteiger partial charge in [-0.1, -0.05) is 91.2 Å². The lowest BCUT2D eigenvalue weighted by atomic mass is 9.91. The van der Waals surface area contributed by atoms with Crippen LogP contribution in [0.1, 0.15) is 99.3 Å². The summed E-state index contributed by atoms with van der Waals surface area (Å²) in [5.74, 6) is 5.15. The highest BCUT2D eigenvalue weighted by molar-refractivity contribution is 7.99. The van der Waals surface area contributed by atoms with E-state index in [-0.39, 0.29) is 0 Å². The second kappa shape index (κ2) is 15.6. The SMILES string of the molecule is CCSC/C=C(\C)CCC[C@H](C)CCC[C@H](C)CCCC(C)C. The van der Waals surface area contributed by atoms with Gasteiger partial charge in [0, 0.05) is 5.75 Å². The van der Waals surface area contributed by atoms with Crippen LogP contribution < -0.4 is 0 Å². The van der Waals surface area contributed by atoms with Crippen LogP contribution in [0.25, 0.3) is 0 Å². The van der Waals surface area contributed by atoms with Crippen molar-refractivity contribution in [3.05, 3.63) is 11.6 Å². The van der Waals surface area contributed by atoms with E-state index in [4.69, 9.17) is 0 Å². The molecule has 0 saturated heterocycles. The Balaban J connectivity index is 3.56. The summed E-state index contributed by atoms with van der Waals surface area (Å²) in [5, 5.41) is 0. The number of hydrogen-bond donors (Lipinski definition) is 0. The second-order valence-electron chi connectivity index (χ2n) is 8.07. The summed E-state index contributed by atoms with van der Waals surface area (Å²) in [6.45, 7) is 14.1. The summed E-state index contributed by atoms with van der Waals surface area (Å²) in [5.41, 5.74) is 1.59. The summed E-state index contributed by atoms with van der Waals surface area (Å²) in [6, 6.07) is 0. The summed E-state index contributed by atoms with van der Waals surface area (Å²) in [6.07, 6.45) is 15.1. The van der Waals surface area contributed by atoms with Crippen molar-refractivity contribution in [1.82, 2.24) is 0 Å². The van der Waals surface area contributed by atoms with Crippen molar-refractivity contribution >= 4 is 11.8 Å². The molecule has 0 bridgehead atoms. The van der Waals surface area contributed by atoms with Crippen molar-refractivity contribution in [2.45, 2.75) is 99.3 Å². The minimum Gasteiger partial charge on any atom is -0.158 e. The molecule has 0 aliphatic carbocycles. The van der Waals surface area contributed by atoms with E-state index in [1.807, 2.05) is 11.8 Å². The third-order valence-electron chi connectivity index (χ3n) is 4.89. The van der Waals surface area contributed by atoms with Crippen molar-refractivity contribution in [1.29, 1.82) is 0 Å². The van der Waals surface area contributed by atoms with Crippen molar-refractivity contribution in [2.75, 3.05) is 11.5 Å². The van der Waals surface area contributed by atoms with Crippen LogP contribution in [-0.2, 0) is 0 Å². The summed E-state index contributed by atoms with van der Waals surface area (Å²) >= 11 is 2.02. The fourth-order valence-electron chi connectivity index (χ4n) is 3.13. The average Bonchev–Trinajstić information content (AvgIpc) is 2.47. The number of rotatable bonds is 15. The van der Waals surface area contributed by atoms with Gasteiger partial charge in [-0.25, -0.2) is 0 Å². The lowest BCUT2D eigenvalue weighted by Gasteiger charge is -2.15. The van der Waals surface area contributed by atoms with Crippen LogP contribution in [0.3, 0.4) is 0 Å². The van der Waals surface area contributed by atoms with E-state index in [1.54, 1.807) is 5.57 Å². The Hall–Kier alpha value is 0.0900. The molecule has 0 unspecified atom stereocenters. The Morgan fingerprint density at radius 2 is 1.35 bits per heavy atom. The van der Waals surface area contributed by atoms with E-state index < -0.39 is 0 Å². The predicted octanol–water partition coefficient (Wildman–Crippen LogP) is 8.12. The molecule has 0 N–H and O–H groups in total. The van der Waals surface area contributed by atoms with Gasteiger partial charge in [0.2, 0.25) is 0 Å². The second-order valence-corrected chi connectivity index (χ2v) is 9.39. The maximum atomic E-state index is 2.45. The lowest BCUT2D eigenvalue weighted by Crippen LogP contribution is -2.00. The molecule has 0 aromatic heterocycles. The van der Waals surface area contributed by atoms with Gasteiger partial charge in [0.1, 0.15) is 0 Å². The monoisotopic (exact) mass is 340 g/mol. The molecule has 138 valence electrons. The largest absolute Gasteiger partial charge is 0.158 e.